The molecule has 0 radical (unpaired) electrons. The molecule has 0 N–H and O–H groups in total. The summed E-state index contributed by atoms with van der Waals surface area (Å²) in [5.41, 5.74) is -1.36. The normalized spacial score (nSPS) is 13.7. The quantitative estimate of drug-likeness (QED) is 0.157. The van der Waals surface area contributed by atoms with Crippen LogP contribution in [0.5, 0.6) is 0 Å². The van der Waals surface area contributed by atoms with Crippen LogP contribution in [0.4, 0.5) is 0 Å². The first-order chi connectivity index (χ1) is 14.2. The number of hydrogen-bond acceptors (Lipinski definition) is 4. The zero-order valence-electron chi connectivity index (χ0n) is 20.9. The maximum Gasteiger partial charge on any atom is 0.311 e. The first-order valence-corrected chi connectivity index (χ1v) is 12.6. The van der Waals surface area contributed by atoms with Crippen LogP contribution in [0.25, 0.3) is 0 Å². The molecule has 0 aromatic rings. The van der Waals surface area contributed by atoms with E-state index in [0.717, 1.165) is 25.7 Å². The van der Waals surface area contributed by atoms with Crippen molar-refractivity contribution in [2.24, 2.45) is 10.8 Å². The molecule has 0 aliphatic carbocycles. The highest BCUT2D eigenvalue weighted by atomic mass is 16.5. The predicted octanol–water partition coefficient (Wildman–Crippen LogP) is 7.63. The molecule has 30 heavy (non-hydrogen) atoms. The van der Waals surface area contributed by atoms with Crippen molar-refractivity contribution in [1.29, 1.82) is 0 Å². The predicted molar refractivity (Wildman–Crippen MR) is 125 cm³/mol. The van der Waals surface area contributed by atoms with Crippen LogP contribution in [0, 0.1) is 10.8 Å². The maximum absolute atomic E-state index is 12.6. The van der Waals surface area contributed by atoms with Crippen molar-refractivity contribution >= 4 is 11.9 Å². The summed E-state index contributed by atoms with van der Waals surface area (Å²) in [6.07, 6.45) is 15.5. The Labute approximate surface area is 186 Å². The second-order valence-corrected chi connectivity index (χ2v) is 9.78. The van der Waals surface area contributed by atoms with Gasteiger partial charge in [-0.1, -0.05) is 85.0 Å². The van der Waals surface area contributed by atoms with Gasteiger partial charge in [0.15, 0.2) is 0 Å². The van der Waals surface area contributed by atoms with Gasteiger partial charge in [0, 0.05) is 0 Å². The maximum atomic E-state index is 12.6. The molecule has 1 unspecified atom stereocenters. The van der Waals surface area contributed by atoms with Gasteiger partial charge in [0.05, 0.1) is 24.0 Å². The number of unbranched alkanes of at least 4 members (excludes halogenated alkanes) is 10. The van der Waals surface area contributed by atoms with Crippen LogP contribution in [0.1, 0.15) is 131 Å². The van der Waals surface area contributed by atoms with Crippen LogP contribution in [-0.4, -0.2) is 25.2 Å². The summed E-state index contributed by atoms with van der Waals surface area (Å²) in [7, 11) is 0. The topological polar surface area (TPSA) is 52.6 Å². The van der Waals surface area contributed by atoms with Crippen molar-refractivity contribution < 1.29 is 19.1 Å². The van der Waals surface area contributed by atoms with E-state index >= 15 is 0 Å². The van der Waals surface area contributed by atoms with E-state index in [0.29, 0.717) is 26.1 Å². The van der Waals surface area contributed by atoms with E-state index in [4.69, 9.17) is 9.47 Å². The summed E-state index contributed by atoms with van der Waals surface area (Å²) in [6.45, 7) is 12.9. The molecule has 0 saturated heterocycles. The van der Waals surface area contributed by atoms with Gasteiger partial charge in [0.1, 0.15) is 0 Å². The molecule has 0 fully saturated rings. The molecule has 0 aliphatic heterocycles. The summed E-state index contributed by atoms with van der Waals surface area (Å²) in [5, 5.41) is 0. The van der Waals surface area contributed by atoms with Crippen LogP contribution >= 0.6 is 0 Å². The highest BCUT2D eigenvalue weighted by Gasteiger charge is 2.42. The molecule has 178 valence electrons. The Kier molecular flexibility index (Phi) is 16.0. The zero-order chi connectivity index (χ0) is 22.9. The van der Waals surface area contributed by atoms with Gasteiger partial charge < -0.3 is 9.47 Å². The minimum atomic E-state index is -0.701. The van der Waals surface area contributed by atoms with Gasteiger partial charge in [0.2, 0.25) is 0 Å². The fourth-order valence-electron chi connectivity index (χ4n) is 3.82. The number of esters is 2. The lowest BCUT2D eigenvalue weighted by molar-refractivity contribution is -0.163. The van der Waals surface area contributed by atoms with Crippen LogP contribution in [0.3, 0.4) is 0 Å². The van der Waals surface area contributed by atoms with Crippen molar-refractivity contribution in [3.05, 3.63) is 0 Å². The van der Waals surface area contributed by atoms with Crippen molar-refractivity contribution in [1.82, 2.24) is 0 Å². The Balaban J connectivity index is 4.14. The van der Waals surface area contributed by atoms with Gasteiger partial charge >= 0.3 is 11.9 Å². The minimum absolute atomic E-state index is 0.200. The van der Waals surface area contributed by atoms with E-state index in [1.54, 1.807) is 0 Å². The smallest absolute Gasteiger partial charge is 0.311 e. The lowest BCUT2D eigenvalue weighted by atomic mass is 9.72. The van der Waals surface area contributed by atoms with Gasteiger partial charge in [-0.05, 0) is 46.5 Å². The van der Waals surface area contributed by atoms with Gasteiger partial charge in [-0.15, -0.1) is 0 Å². The number of carbonyl (C=O) groups is 2. The Bertz CT molecular complexity index is 458. The van der Waals surface area contributed by atoms with Crippen molar-refractivity contribution in [3.63, 3.8) is 0 Å². The molecule has 0 amide bonds. The third-order valence-corrected chi connectivity index (χ3v) is 6.12. The second kappa shape index (κ2) is 16.6. The van der Waals surface area contributed by atoms with E-state index in [1.165, 1.54) is 51.4 Å². The lowest BCUT2D eigenvalue weighted by Crippen LogP contribution is -2.38. The van der Waals surface area contributed by atoms with Gasteiger partial charge in [-0.25, -0.2) is 0 Å². The number of rotatable bonds is 19. The first kappa shape index (κ1) is 28.9. The number of ether oxygens (including phenoxy) is 2. The first-order valence-electron chi connectivity index (χ1n) is 12.6. The average molecular weight is 427 g/mol. The molecular formula is C26H50O4. The number of carbonyl (C=O) groups excluding carboxylic acids is 2. The van der Waals surface area contributed by atoms with Crippen molar-refractivity contribution in [3.8, 4) is 0 Å². The van der Waals surface area contributed by atoms with E-state index in [-0.39, 0.29) is 11.9 Å². The monoisotopic (exact) mass is 426 g/mol. The summed E-state index contributed by atoms with van der Waals surface area (Å²) < 4.78 is 11.0. The van der Waals surface area contributed by atoms with Gasteiger partial charge in [-0.3, -0.25) is 9.59 Å². The molecule has 0 aliphatic rings. The van der Waals surface area contributed by atoms with E-state index in [9.17, 15) is 9.59 Å². The fourth-order valence-corrected chi connectivity index (χ4v) is 3.82. The van der Waals surface area contributed by atoms with E-state index < -0.39 is 10.8 Å². The minimum Gasteiger partial charge on any atom is -0.465 e. The molecule has 1 atom stereocenters. The zero-order valence-corrected chi connectivity index (χ0v) is 20.9. The number of hydrogen-bond donors (Lipinski definition) is 0. The van der Waals surface area contributed by atoms with Crippen molar-refractivity contribution in [2.45, 2.75) is 131 Å². The highest BCUT2D eigenvalue weighted by Crippen LogP contribution is 2.38. The van der Waals surface area contributed by atoms with Crippen LogP contribution in [0.2, 0.25) is 0 Å². The van der Waals surface area contributed by atoms with Crippen molar-refractivity contribution in [2.75, 3.05) is 13.2 Å². The molecule has 0 bridgehead atoms. The Morgan fingerprint density at radius 3 is 1.53 bits per heavy atom. The van der Waals surface area contributed by atoms with Gasteiger partial charge in [-0.2, -0.15) is 0 Å². The Hall–Kier alpha value is -1.06. The average Bonchev–Trinajstić information content (AvgIpc) is 2.71. The molecule has 4 nitrogen and oxygen atoms in total. The summed E-state index contributed by atoms with van der Waals surface area (Å²) in [4.78, 5) is 25.2. The fraction of sp³-hybridized carbons (Fsp3) is 0.923. The third kappa shape index (κ3) is 12.6. The van der Waals surface area contributed by atoms with Crippen LogP contribution in [0.15, 0.2) is 0 Å². The largest absolute Gasteiger partial charge is 0.465 e. The van der Waals surface area contributed by atoms with E-state index in [1.807, 2.05) is 27.7 Å². The molecule has 0 aromatic heterocycles. The summed E-state index contributed by atoms with van der Waals surface area (Å²) in [6, 6.07) is 0. The molecule has 4 heteroatoms. The Morgan fingerprint density at radius 1 is 0.600 bits per heavy atom. The van der Waals surface area contributed by atoms with Crippen LogP contribution in [-0.2, 0) is 19.1 Å². The standard InChI is InChI=1S/C26H50O4/c1-7-10-12-13-14-15-16-17-18-19-21-29-23(27)25(4,5)22-26(6,9-3)24(28)30-20-11-8-2/h7-22H2,1-6H3. The molecule has 0 rings (SSSR count). The highest BCUT2D eigenvalue weighted by molar-refractivity contribution is 5.80. The van der Waals surface area contributed by atoms with Gasteiger partial charge in [0.25, 0.3) is 0 Å². The molecular weight excluding hydrogens is 376 g/mol. The van der Waals surface area contributed by atoms with Crippen LogP contribution < -0.4 is 0 Å². The molecule has 0 heterocycles. The summed E-state index contributed by atoms with van der Waals surface area (Å²) >= 11 is 0. The second-order valence-electron chi connectivity index (χ2n) is 9.78. The lowest BCUT2D eigenvalue weighted by Gasteiger charge is -2.33. The summed E-state index contributed by atoms with van der Waals surface area (Å²) in [5.74, 6) is -0.409. The SMILES string of the molecule is CCCCCCCCCCCCOC(=O)C(C)(C)CC(C)(CC)C(=O)OCCCC. The Morgan fingerprint density at radius 2 is 1.03 bits per heavy atom. The molecule has 0 aromatic carbocycles. The third-order valence-electron chi connectivity index (χ3n) is 6.12. The molecule has 0 saturated carbocycles. The van der Waals surface area contributed by atoms with E-state index in [2.05, 4.69) is 13.8 Å². The molecule has 0 spiro atoms.